The number of hydrogen-bond acceptors (Lipinski definition) is 4. The number of halogens is 3. The van der Waals surface area contributed by atoms with Gasteiger partial charge in [0.15, 0.2) is 0 Å². The van der Waals surface area contributed by atoms with Crippen molar-refractivity contribution >= 4 is 15.9 Å². The fourth-order valence-electron chi connectivity index (χ4n) is 2.83. The molecule has 2 atom stereocenters. The molecule has 2 rings (SSSR count). The normalized spacial score (nSPS) is 22.5. The van der Waals surface area contributed by atoms with Crippen molar-refractivity contribution in [1.29, 1.82) is 0 Å². The quantitative estimate of drug-likeness (QED) is 0.843. The molecule has 26 heavy (non-hydrogen) atoms. The van der Waals surface area contributed by atoms with Gasteiger partial charge in [-0.3, -0.25) is 9.69 Å². The van der Waals surface area contributed by atoms with E-state index in [1.807, 2.05) is 20.9 Å². The second kappa shape index (κ2) is 7.53. The van der Waals surface area contributed by atoms with E-state index in [0.29, 0.717) is 19.2 Å². The summed E-state index contributed by atoms with van der Waals surface area (Å²) in [7, 11) is -2.28. The first-order chi connectivity index (χ1) is 11.9. The summed E-state index contributed by atoms with van der Waals surface area (Å²) in [5.74, 6) is -0.409. The summed E-state index contributed by atoms with van der Waals surface area (Å²) < 4.78 is 64.8. The first-order valence-corrected chi connectivity index (χ1v) is 9.57. The van der Waals surface area contributed by atoms with Gasteiger partial charge in [0.1, 0.15) is 0 Å². The number of nitrogens with zero attached hydrogens (tertiary/aromatic N) is 2. The number of sulfonamides is 1. The fraction of sp³-hybridized carbons (Fsp3) is 0.562. The fourth-order valence-corrected chi connectivity index (χ4v) is 3.85. The molecule has 1 heterocycles. The van der Waals surface area contributed by atoms with Crippen LogP contribution < -0.4 is 4.72 Å². The minimum Gasteiger partial charge on any atom is -0.336 e. The molecule has 0 saturated carbocycles. The van der Waals surface area contributed by atoms with E-state index in [4.69, 9.17) is 0 Å². The number of alkyl halides is 3. The van der Waals surface area contributed by atoms with Gasteiger partial charge in [-0.1, -0.05) is 6.07 Å². The smallest absolute Gasteiger partial charge is 0.336 e. The molecule has 1 aliphatic heterocycles. The van der Waals surface area contributed by atoms with E-state index in [-0.39, 0.29) is 12.1 Å². The molecular formula is C16H22F3N3O3S. The summed E-state index contributed by atoms with van der Waals surface area (Å²) in [6.07, 6.45) is -4.65. The zero-order valence-corrected chi connectivity index (χ0v) is 15.6. The molecule has 1 aliphatic rings. The highest BCUT2D eigenvalue weighted by molar-refractivity contribution is 7.89. The second-order valence-electron chi connectivity index (χ2n) is 6.53. The second-order valence-corrected chi connectivity index (χ2v) is 8.30. The van der Waals surface area contributed by atoms with Crippen LogP contribution in [0.25, 0.3) is 0 Å². The Morgan fingerprint density at radius 3 is 2.50 bits per heavy atom. The highest BCUT2D eigenvalue weighted by Crippen LogP contribution is 2.30. The third kappa shape index (κ3) is 4.74. The predicted octanol–water partition coefficient (Wildman–Crippen LogP) is 1.53. The van der Waals surface area contributed by atoms with Crippen molar-refractivity contribution in [3.63, 3.8) is 0 Å². The Kier molecular flexibility index (Phi) is 5.99. The molecule has 0 bridgehead atoms. The summed E-state index contributed by atoms with van der Waals surface area (Å²) in [6, 6.07) is 3.47. The summed E-state index contributed by atoms with van der Waals surface area (Å²) in [5, 5.41) is 0. The van der Waals surface area contributed by atoms with E-state index in [1.54, 1.807) is 4.90 Å². The Hall–Kier alpha value is -1.65. The van der Waals surface area contributed by atoms with Crippen molar-refractivity contribution in [3.8, 4) is 0 Å². The topological polar surface area (TPSA) is 69.7 Å². The molecule has 6 nitrogen and oxygen atoms in total. The van der Waals surface area contributed by atoms with Crippen LogP contribution in [0.1, 0.15) is 19.4 Å². The van der Waals surface area contributed by atoms with Crippen LogP contribution in [0.2, 0.25) is 0 Å². The number of rotatable bonds is 4. The van der Waals surface area contributed by atoms with Crippen molar-refractivity contribution in [2.24, 2.45) is 0 Å². The predicted molar refractivity (Wildman–Crippen MR) is 89.9 cm³/mol. The van der Waals surface area contributed by atoms with Gasteiger partial charge in [-0.15, -0.1) is 0 Å². The van der Waals surface area contributed by atoms with Gasteiger partial charge in [0, 0.05) is 25.2 Å². The summed E-state index contributed by atoms with van der Waals surface area (Å²) >= 11 is 0. The molecule has 146 valence electrons. The maximum Gasteiger partial charge on any atom is 0.416 e. The number of amides is 1. The van der Waals surface area contributed by atoms with Gasteiger partial charge in [-0.05, 0) is 39.1 Å². The molecule has 1 aromatic rings. The van der Waals surface area contributed by atoms with Gasteiger partial charge in [-0.25, -0.2) is 13.1 Å². The molecule has 1 aromatic carbocycles. The lowest BCUT2D eigenvalue weighted by Crippen LogP contribution is -2.58. The number of benzene rings is 1. The average Bonchev–Trinajstić information content (AvgIpc) is 2.55. The molecule has 1 saturated heterocycles. The Balaban J connectivity index is 2.07. The van der Waals surface area contributed by atoms with Crippen LogP contribution in [0.3, 0.4) is 0 Å². The Bertz CT molecular complexity index is 767. The van der Waals surface area contributed by atoms with E-state index in [0.717, 1.165) is 18.2 Å². The largest absolute Gasteiger partial charge is 0.416 e. The van der Waals surface area contributed by atoms with Crippen molar-refractivity contribution in [1.82, 2.24) is 14.5 Å². The Morgan fingerprint density at radius 2 is 1.88 bits per heavy atom. The van der Waals surface area contributed by atoms with Gasteiger partial charge in [0.2, 0.25) is 15.9 Å². The summed E-state index contributed by atoms with van der Waals surface area (Å²) in [6.45, 7) is 4.44. The molecule has 1 amide bonds. The highest BCUT2D eigenvalue weighted by atomic mass is 32.2. The zero-order valence-electron chi connectivity index (χ0n) is 14.7. The number of hydrogen-bond donors (Lipinski definition) is 1. The van der Waals surface area contributed by atoms with E-state index >= 15 is 0 Å². The number of nitrogens with one attached hydrogen (secondary N) is 1. The maximum atomic E-state index is 12.7. The van der Waals surface area contributed by atoms with Crippen LogP contribution in [0.4, 0.5) is 13.2 Å². The maximum absolute atomic E-state index is 12.7. The van der Waals surface area contributed by atoms with Crippen molar-refractivity contribution in [3.05, 3.63) is 29.8 Å². The van der Waals surface area contributed by atoms with Crippen LogP contribution in [-0.4, -0.2) is 62.9 Å². The van der Waals surface area contributed by atoms with Crippen LogP contribution in [0.15, 0.2) is 29.2 Å². The van der Waals surface area contributed by atoms with Crippen LogP contribution in [-0.2, 0) is 21.0 Å². The lowest BCUT2D eigenvalue weighted by atomic mass is 10.1. The Labute approximate surface area is 151 Å². The van der Waals surface area contributed by atoms with Gasteiger partial charge < -0.3 is 4.90 Å². The molecule has 1 N–H and O–H groups in total. The molecule has 0 unspecified atom stereocenters. The average molecular weight is 393 g/mol. The molecule has 0 spiro atoms. The van der Waals surface area contributed by atoms with E-state index in [1.165, 1.54) is 0 Å². The SMILES string of the molecule is C[C@@H]1CN(C(=O)CNS(=O)(=O)c2cccc(C(F)(F)F)c2)[C@@H](C)CN1C. The van der Waals surface area contributed by atoms with Gasteiger partial charge >= 0.3 is 6.18 Å². The minimum absolute atomic E-state index is 0.0817. The lowest BCUT2D eigenvalue weighted by molar-refractivity contribution is -0.138. The van der Waals surface area contributed by atoms with Crippen molar-refractivity contribution in [2.75, 3.05) is 26.7 Å². The third-order valence-electron chi connectivity index (χ3n) is 4.50. The van der Waals surface area contributed by atoms with E-state index in [2.05, 4.69) is 9.62 Å². The lowest BCUT2D eigenvalue weighted by Gasteiger charge is -2.42. The van der Waals surface area contributed by atoms with E-state index < -0.39 is 39.1 Å². The standard InChI is InChI=1S/C16H22F3N3O3S/c1-11-10-22(12(2)9-21(11)3)15(23)8-20-26(24,25)14-6-4-5-13(7-14)16(17,18)19/h4-7,11-12,20H,8-10H2,1-3H3/t11-,12+/m1/s1. The van der Waals surface area contributed by atoms with Crippen molar-refractivity contribution in [2.45, 2.75) is 37.0 Å². The van der Waals surface area contributed by atoms with Crippen LogP contribution in [0.5, 0.6) is 0 Å². The third-order valence-corrected chi connectivity index (χ3v) is 5.90. The minimum atomic E-state index is -4.65. The van der Waals surface area contributed by atoms with Crippen LogP contribution in [0, 0.1) is 0 Å². The van der Waals surface area contributed by atoms with Gasteiger partial charge in [-0.2, -0.15) is 13.2 Å². The first-order valence-electron chi connectivity index (χ1n) is 8.08. The van der Waals surface area contributed by atoms with Gasteiger partial charge in [0.25, 0.3) is 0 Å². The van der Waals surface area contributed by atoms with Gasteiger partial charge in [0.05, 0.1) is 17.0 Å². The number of likely N-dealkylation sites (N-methyl/N-ethyl adjacent to an activating group) is 1. The Morgan fingerprint density at radius 1 is 1.23 bits per heavy atom. The van der Waals surface area contributed by atoms with Crippen LogP contribution >= 0.6 is 0 Å². The molecule has 0 aromatic heterocycles. The highest BCUT2D eigenvalue weighted by Gasteiger charge is 2.33. The number of carbonyl (C=O) groups excluding carboxylic acids is 1. The van der Waals surface area contributed by atoms with Crippen molar-refractivity contribution < 1.29 is 26.4 Å². The summed E-state index contributed by atoms with van der Waals surface area (Å²) in [4.78, 5) is 15.5. The summed E-state index contributed by atoms with van der Waals surface area (Å²) in [5.41, 5.74) is -1.06. The number of carbonyl (C=O) groups is 1. The monoisotopic (exact) mass is 393 g/mol. The molecule has 10 heteroatoms. The molecular weight excluding hydrogens is 371 g/mol. The molecule has 0 aliphatic carbocycles. The van der Waals surface area contributed by atoms with E-state index in [9.17, 15) is 26.4 Å². The number of piperazine rings is 1. The first kappa shape index (κ1) is 20.7. The molecule has 1 fully saturated rings. The zero-order chi connectivity index (χ0) is 19.7. The molecule has 0 radical (unpaired) electrons.